The van der Waals surface area contributed by atoms with E-state index in [0.29, 0.717) is 42.6 Å². The number of aromatic carboxylic acids is 1. The second-order valence-electron chi connectivity index (χ2n) is 15.5. The highest BCUT2D eigenvalue weighted by Gasteiger charge is 2.38. The summed E-state index contributed by atoms with van der Waals surface area (Å²) in [6.45, 7) is 13.5. The number of hydrogen-bond acceptors (Lipinski definition) is 5. The van der Waals surface area contributed by atoms with Gasteiger partial charge in [0.25, 0.3) is 5.91 Å². The molecule has 2 aliphatic heterocycles. The quantitative estimate of drug-likeness (QED) is 0.139. The molecular weight excluding hydrogens is 749 g/mol. The monoisotopic (exact) mass is 795 g/mol. The molecule has 10 nitrogen and oxygen atoms in total. The van der Waals surface area contributed by atoms with Crippen molar-refractivity contribution in [1.82, 2.24) is 18.9 Å². The van der Waals surface area contributed by atoms with Gasteiger partial charge >= 0.3 is 5.97 Å². The molecule has 0 saturated carbocycles. The van der Waals surface area contributed by atoms with E-state index < -0.39 is 5.97 Å². The van der Waals surface area contributed by atoms with Crippen LogP contribution in [0.5, 0.6) is 5.75 Å². The Morgan fingerprint density at radius 1 is 1.00 bits per heavy atom. The third kappa shape index (κ3) is 6.55. The van der Waals surface area contributed by atoms with Crippen molar-refractivity contribution < 1.29 is 24.2 Å². The van der Waals surface area contributed by atoms with Crippen molar-refractivity contribution in [3.63, 3.8) is 0 Å². The number of carboxylic acids is 1. The molecule has 3 aromatic heterocycles. The first-order valence-electron chi connectivity index (χ1n) is 19.3. The van der Waals surface area contributed by atoms with Crippen LogP contribution in [0.1, 0.15) is 81.2 Å². The Kier molecular flexibility index (Phi) is 10.2. The Bertz CT molecular complexity index is 2520. The number of rotatable bonds is 10. The third-order valence-corrected chi connectivity index (χ3v) is 12.6. The maximum absolute atomic E-state index is 15.1. The zero-order valence-electron chi connectivity index (χ0n) is 32.7. The van der Waals surface area contributed by atoms with E-state index in [0.717, 1.165) is 110 Å². The zero-order valence-corrected chi connectivity index (χ0v) is 34.2. The summed E-state index contributed by atoms with van der Waals surface area (Å²) in [5, 5.41) is 17.9. The van der Waals surface area contributed by atoms with Gasteiger partial charge in [-0.1, -0.05) is 29.3 Å². The average molecular weight is 797 g/mol. The second kappa shape index (κ2) is 15.0. The van der Waals surface area contributed by atoms with Crippen LogP contribution >= 0.6 is 23.2 Å². The van der Waals surface area contributed by atoms with Gasteiger partial charge in [0, 0.05) is 78.2 Å². The van der Waals surface area contributed by atoms with Crippen molar-refractivity contribution in [1.29, 1.82) is 0 Å². The highest BCUT2D eigenvalue weighted by Crippen LogP contribution is 2.46. The van der Waals surface area contributed by atoms with Crippen molar-refractivity contribution in [3.05, 3.63) is 98.0 Å². The molecule has 0 radical (unpaired) electrons. The molecule has 1 atom stereocenters. The largest absolute Gasteiger partial charge is 0.494 e. The Morgan fingerprint density at radius 2 is 1.71 bits per heavy atom. The van der Waals surface area contributed by atoms with E-state index in [9.17, 15) is 9.90 Å². The molecule has 6 aromatic rings. The fourth-order valence-electron chi connectivity index (χ4n) is 8.92. The van der Waals surface area contributed by atoms with Gasteiger partial charge in [0.15, 0.2) is 0 Å². The maximum Gasteiger partial charge on any atom is 0.335 e. The number of anilines is 1. The van der Waals surface area contributed by atoms with Gasteiger partial charge in [0.2, 0.25) is 0 Å². The molecular formula is C44H47Cl2N5O5. The number of aromatic nitrogens is 4. The van der Waals surface area contributed by atoms with E-state index in [1.165, 1.54) is 0 Å². The molecule has 0 unspecified atom stereocenters. The smallest absolute Gasteiger partial charge is 0.335 e. The number of amides is 1. The predicted molar refractivity (Wildman–Crippen MR) is 222 cm³/mol. The van der Waals surface area contributed by atoms with Gasteiger partial charge < -0.3 is 28.6 Å². The Hall–Kier alpha value is -4.77. The SMILES string of the molecule is Cc1cc(OCCCc2c3n(c4c(-c5c(C)nn(CC6CCOCC6)c5C)c(Cl)ccc24)[C@H](C)CN(c2cn(C)c4cc(C(=O)O)ccc24)C3=O)cc(C)c1Cl. The number of carboxylic acid groups (broad SMARTS) is 1. The molecule has 8 rings (SSSR count). The summed E-state index contributed by atoms with van der Waals surface area (Å²) >= 11 is 13.7. The first-order chi connectivity index (χ1) is 26.8. The lowest BCUT2D eigenvalue weighted by Gasteiger charge is -2.34. The van der Waals surface area contributed by atoms with Crippen LogP contribution in [0.15, 0.2) is 48.7 Å². The van der Waals surface area contributed by atoms with E-state index in [1.54, 1.807) is 18.2 Å². The number of ether oxygens (including phenoxy) is 2. The van der Waals surface area contributed by atoms with Crippen LogP contribution in [0.4, 0.5) is 5.69 Å². The Balaban J connectivity index is 1.24. The molecule has 292 valence electrons. The fraction of sp³-hybridized carbons (Fsp3) is 0.386. The molecule has 1 saturated heterocycles. The summed E-state index contributed by atoms with van der Waals surface area (Å²) in [5.41, 5.74) is 9.98. The van der Waals surface area contributed by atoms with Crippen molar-refractivity contribution in [2.45, 2.75) is 72.9 Å². The van der Waals surface area contributed by atoms with Crippen molar-refractivity contribution in [3.8, 4) is 16.9 Å². The van der Waals surface area contributed by atoms with Crippen LogP contribution < -0.4 is 9.64 Å². The highest BCUT2D eigenvalue weighted by atomic mass is 35.5. The molecule has 3 aromatic carbocycles. The summed E-state index contributed by atoms with van der Waals surface area (Å²) in [6, 6.07) is 12.9. The van der Waals surface area contributed by atoms with Gasteiger partial charge in [-0.3, -0.25) is 9.48 Å². The van der Waals surface area contributed by atoms with E-state index >= 15 is 4.79 Å². The fourth-order valence-corrected chi connectivity index (χ4v) is 9.28. The molecule has 2 aliphatic rings. The summed E-state index contributed by atoms with van der Waals surface area (Å²) < 4.78 is 18.1. The summed E-state index contributed by atoms with van der Waals surface area (Å²) in [7, 11) is 1.88. The minimum Gasteiger partial charge on any atom is -0.494 e. The lowest BCUT2D eigenvalue weighted by molar-refractivity contribution is 0.0599. The third-order valence-electron chi connectivity index (χ3n) is 11.7. The van der Waals surface area contributed by atoms with Crippen LogP contribution in [0.3, 0.4) is 0 Å². The molecule has 0 aliphatic carbocycles. The van der Waals surface area contributed by atoms with E-state index in [2.05, 4.69) is 29.2 Å². The van der Waals surface area contributed by atoms with Crippen LogP contribution in [0.2, 0.25) is 10.0 Å². The second-order valence-corrected chi connectivity index (χ2v) is 16.3. The molecule has 0 bridgehead atoms. The molecule has 12 heteroatoms. The first-order valence-corrected chi connectivity index (χ1v) is 20.1. The van der Waals surface area contributed by atoms with Crippen LogP contribution in [0, 0.1) is 33.6 Å². The number of carbonyl (C=O) groups is 2. The van der Waals surface area contributed by atoms with E-state index in [-0.39, 0.29) is 17.5 Å². The van der Waals surface area contributed by atoms with Gasteiger partial charge in [0.1, 0.15) is 11.4 Å². The minimum atomic E-state index is -0.995. The molecule has 1 fully saturated rings. The van der Waals surface area contributed by atoms with Gasteiger partial charge in [0.05, 0.1) is 39.6 Å². The summed E-state index contributed by atoms with van der Waals surface area (Å²) in [6.07, 6.45) is 5.20. The number of nitrogens with zero attached hydrogens (tertiary/aromatic N) is 5. The van der Waals surface area contributed by atoms with Crippen molar-refractivity contribution in [2.75, 3.05) is 31.3 Å². The maximum atomic E-state index is 15.1. The average Bonchev–Trinajstić information content (AvgIpc) is 3.78. The number of hydrogen-bond donors (Lipinski definition) is 1. The van der Waals surface area contributed by atoms with Crippen LogP contribution in [-0.2, 0) is 24.8 Å². The predicted octanol–water partition coefficient (Wildman–Crippen LogP) is 9.89. The van der Waals surface area contributed by atoms with Crippen molar-refractivity contribution >= 4 is 62.6 Å². The summed E-state index contributed by atoms with van der Waals surface area (Å²) in [4.78, 5) is 28.8. The van der Waals surface area contributed by atoms with E-state index in [4.69, 9.17) is 37.8 Å². The number of benzene rings is 3. The Labute approximate surface area is 336 Å². The molecule has 1 amide bonds. The lowest BCUT2D eigenvalue weighted by Crippen LogP contribution is -2.42. The first kappa shape index (κ1) is 38.1. The van der Waals surface area contributed by atoms with Gasteiger partial charge in [-0.05, 0) is 119 Å². The minimum absolute atomic E-state index is 0.111. The van der Waals surface area contributed by atoms with E-state index in [1.807, 2.05) is 61.7 Å². The molecule has 0 spiro atoms. The molecule has 5 heterocycles. The number of fused-ring (bicyclic) bond motifs is 4. The topological polar surface area (TPSA) is 104 Å². The number of halogens is 2. The highest BCUT2D eigenvalue weighted by molar-refractivity contribution is 6.35. The number of aryl methyl sites for hydroxylation is 5. The summed E-state index contributed by atoms with van der Waals surface area (Å²) in [5.74, 6) is 0.152. The number of carbonyl (C=O) groups excluding carboxylic acids is 1. The van der Waals surface area contributed by atoms with Gasteiger partial charge in [-0.2, -0.15) is 5.10 Å². The van der Waals surface area contributed by atoms with Gasteiger partial charge in [-0.15, -0.1) is 0 Å². The van der Waals surface area contributed by atoms with Crippen LogP contribution in [-0.4, -0.2) is 62.3 Å². The van der Waals surface area contributed by atoms with Crippen LogP contribution in [0.25, 0.3) is 32.9 Å². The normalized spacial score (nSPS) is 16.3. The standard InChI is InChI=1S/C44H47Cl2N5O5/c1-24-18-31(19-25(2)40(24)46)56-15-7-8-32-33-11-12-35(45)39(38-27(4)47-50(28(38)5)22-29-13-16-55-17-14-29)41(33)51-26(3)21-49(43(52)42(32)51)37-23-48(6)36-20-30(44(53)54)9-10-34(36)37/h9-12,18-20,23,26,29H,7-8,13-17,21-22H2,1-6H3,(H,53,54)/t26-/m1/s1. The van der Waals surface area contributed by atoms with Gasteiger partial charge in [-0.25, -0.2) is 4.79 Å². The lowest BCUT2D eigenvalue weighted by atomic mass is 9.97. The van der Waals surface area contributed by atoms with Crippen molar-refractivity contribution in [2.24, 2.45) is 13.0 Å². The molecule has 56 heavy (non-hydrogen) atoms. The zero-order chi connectivity index (χ0) is 39.6. The Morgan fingerprint density at radius 3 is 2.43 bits per heavy atom. The molecule has 1 N–H and O–H groups in total.